The monoisotopic (exact) mass is 255 g/mol. The van der Waals surface area contributed by atoms with Crippen molar-refractivity contribution in [2.24, 2.45) is 0 Å². The Balaban J connectivity index is 2.21. The fourth-order valence-corrected chi connectivity index (χ4v) is 2.80. The van der Waals surface area contributed by atoms with Gasteiger partial charge in [0.2, 0.25) is 0 Å². The molecule has 3 aromatic rings. The number of hydrogen-bond donors (Lipinski definition) is 1. The predicted octanol–water partition coefficient (Wildman–Crippen LogP) is 3.66. The molecule has 1 N–H and O–H groups in total. The minimum absolute atomic E-state index is 0.353. The van der Waals surface area contributed by atoms with E-state index in [1.54, 1.807) is 12.3 Å². The lowest BCUT2D eigenvalue weighted by Crippen LogP contribution is -1.89. The second-order valence-corrected chi connectivity index (χ2v) is 4.93. The SMILES string of the molecule is O=C(O)c1ccc(-c2cccc3ncccc23)s1. The van der Waals surface area contributed by atoms with Gasteiger partial charge in [0.1, 0.15) is 4.88 Å². The first kappa shape index (κ1) is 10.9. The highest BCUT2D eigenvalue weighted by atomic mass is 32.1. The second kappa shape index (κ2) is 4.23. The Bertz CT molecular complexity index is 728. The smallest absolute Gasteiger partial charge is 0.345 e. The number of rotatable bonds is 2. The molecule has 0 fully saturated rings. The topological polar surface area (TPSA) is 50.2 Å². The number of pyridine rings is 1. The minimum Gasteiger partial charge on any atom is -0.477 e. The largest absolute Gasteiger partial charge is 0.477 e. The van der Waals surface area contributed by atoms with Gasteiger partial charge in [0.15, 0.2) is 0 Å². The van der Waals surface area contributed by atoms with Crippen LogP contribution in [0.5, 0.6) is 0 Å². The Morgan fingerprint density at radius 1 is 1.11 bits per heavy atom. The molecule has 3 nitrogen and oxygen atoms in total. The van der Waals surface area contributed by atoms with Gasteiger partial charge in [-0.15, -0.1) is 11.3 Å². The molecule has 0 aliphatic rings. The maximum absolute atomic E-state index is 10.9. The number of thiophene rings is 1. The highest BCUT2D eigenvalue weighted by Crippen LogP contribution is 2.32. The number of aromatic nitrogens is 1. The standard InChI is InChI=1S/C14H9NO2S/c16-14(17)13-7-6-12(18-13)10-3-1-5-11-9(10)4-2-8-15-11/h1-8H,(H,16,17). The van der Waals surface area contributed by atoms with Gasteiger partial charge in [-0.2, -0.15) is 0 Å². The Hall–Kier alpha value is -2.20. The summed E-state index contributed by atoms with van der Waals surface area (Å²) in [4.78, 5) is 16.5. The molecule has 0 spiro atoms. The van der Waals surface area contributed by atoms with Crippen LogP contribution < -0.4 is 0 Å². The van der Waals surface area contributed by atoms with Gasteiger partial charge in [0.05, 0.1) is 5.52 Å². The van der Waals surface area contributed by atoms with Crippen LogP contribution in [0.3, 0.4) is 0 Å². The summed E-state index contributed by atoms with van der Waals surface area (Å²) in [5.41, 5.74) is 1.94. The molecule has 0 saturated carbocycles. The van der Waals surface area contributed by atoms with E-state index in [1.807, 2.05) is 36.4 Å². The van der Waals surface area contributed by atoms with Crippen LogP contribution in [0.15, 0.2) is 48.7 Å². The molecular weight excluding hydrogens is 246 g/mol. The van der Waals surface area contributed by atoms with Crippen molar-refractivity contribution < 1.29 is 9.90 Å². The Kier molecular flexibility index (Phi) is 2.57. The molecule has 0 aliphatic heterocycles. The van der Waals surface area contributed by atoms with Crippen LogP contribution in [-0.2, 0) is 0 Å². The third-order valence-corrected chi connectivity index (χ3v) is 3.83. The summed E-state index contributed by atoms with van der Waals surface area (Å²) < 4.78 is 0. The van der Waals surface area contributed by atoms with Crippen molar-refractivity contribution in [1.29, 1.82) is 0 Å². The molecule has 18 heavy (non-hydrogen) atoms. The third-order valence-electron chi connectivity index (χ3n) is 2.73. The maximum atomic E-state index is 10.9. The first-order chi connectivity index (χ1) is 8.75. The van der Waals surface area contributed by atoms with E-state index in [1.165, 1.54) is 11.3 Å². The average Bonchev–Trinajstić information content (AvgIpc) is 2.87. The highest BCUT2D eigenvalue weighted by Gasteiger charge is 2.10. The van der Waals surface area contributed by atoms with Crippen LogP contribution in [0, 0.1) is 0 Å². The van der Waals surface area contributed by atoms with Crippen LogP contribution in [0.4, 0.5) is 0 Å². The Morgan fingerprint density at radius 3 is 2.78 bits per heavy atom. The van der Waals surface area contributed by atoms with Crippen molar-refractivity contribution in [2.75, 3.05) is 0 Å². The van der Waals surface area contributed by atoms with Crippen molar-refractivity contribution in [3.8, 4) is 10.4 Å². The molecule has 4 heteroatoms. The third kappa shape index (κ3) is 1.76. The van der Waals surface area contributed by atoms with Crippen molar-refractivity contribution in [3.05, 3.63) is 53.5 Å². The van der Waals surface area contributed by atoms with Gasteiger partial charge < -0.3 is 5.11 Å². The van der Waals surface area contributed by atoms with Gasteiger partial charge in [-0.25, -0.2) is 4.79 Å². The number of benzene rings is 1. The molecule has 0 amide bonds. The van der Waals surface area contributed by atoms with Crippen LogP contribution in [0.25, 0.3) is 21.3 Å². The van der Waals surface area contributed by atoms with Crippen molar-refractivity contribution >= 4 is 28.2 Å². The lowest BCUT2D eigenvalue weighted by molar-refractivity contribution is 0.0702. The van der Waals surface area contributed by atoms with E-state index in [9.17, 15) is 4.79 Å². The molecule has 0 atom stereocenters. The lowest BCUT2D eigenvalue weighted by atomic mass is 10.1. The number of carboxylic acid groups (broad SMARTS) is 1. The number of aromatic carboxylic acids is 1. The van der Waals surface area contributed by atoms with Gasteiger partial charge in [0, 0.05) is 22.0 Å². The normalized spacial score (nSPS) is 10.7. The zero-order valence-corrected chi connectivity index (χ0v) is 10.1. The summed E-state index contributed by atoms with van der Waals surface area (Å²) in [6, 6.07) is 13.2. The van der Waals surface area contributed by atoms with E-state index in [4.69, 9.17) is 5.11 Å². The van der Waals surface area contributed by atoms with Gasteiger partial charge in [-0.1, -0.05) is 18.2 Å². The molecule has 0 aliphatic carbocycles. The zero-order chi connectivity index (χ0) is 12.5. The summed E-state index contributed by atoms with van der Waals surface area (Å²) in [6.45, 7) is 0. The molecule has 0 radical (unpaired) electrons. The number of hydrogen-bond acceptors (Lipinski definition) is 3. The van der Waals surface area contributed by atoms with Crippen LogP contribution in [0.2, 0.25) is 0 Å². The minimum atomic E-state index is -0.885. The molecule has 0 saturated heterocycles. The molecule has 88 valence electrons. The van der Waals surface area contributed by atoms with Crippen LogP contribution >= 0.6 is 11.3 Å². The summed E-state index contributed by atoms with van der Waals surface area (Å²) >= 11 is 1.28. The number of carboxylic acids is 1. The van der Waals surface area contributed by atoms with Gasteiger partial charge in [0.25, 0.3) is 0 Å². The first-order valence-corrected chi connectivity index (χ1v) is 6.24. The van der Waals surface area contributed by atoms with E-state index in [2.05, 4.69) is 4.98 Å². The van der Waals surface area contributed by atoms with Gasteiger partial charge >= 0.3 is 5.97 Å². The zero-order valence-electron chi connectivity index (χ0n) is 9.33. The average molecular weight is 255 g/mol. The van der Waals surface area contributed by atoms with Gasteiger partial charge in [-0.05, 0) is 24.3 Å². The summed E-state index contributed by atoms with van der Waals surface area (Å²) in [5.74, 6) is -0.885. The Morgan fingerprint density at radius 2 is 2.00 bits per heavy atom. The highest BCUT2D eigenvalue weighted by molar-refractivity contribution is 7.17. The fourth-order valence-electron chi connectivity index (χ4n) is 1.92. The van der Waals surface area contributed by atoms with Gasteiger partial charge in [-0.3, -0.25) is 4.98 Å². The summed E-state index contributed by atoms with van der Waals surface area (Å²) in [5, 5.41) is 10.00. The van der Waals surface area contributed by atoms with E-state index in [-0.39, 0.29) is 0 Å². The number of nitrogens with zero attached hydrogens (tertiary/aromatic N) is 1. The van der Waals surface area contributed by atoms with Crippen molar-refractivity contribution in [3.63, 3.8) is 0 Å². The molecular formula is C14H9NO2S. The predicted molar refractivity (Wildman–Crippen MR) is 72.0 cm³/mol. The van der Waals surface area contributed by atoms with E-state index >= 15 is 0 Å². The summed E-state index contributed by atoms with van der Waals surface area (Å²) in [7, 11) is 0. The van der Waals surface area contributed by atoms with E-state index < -0.39 is 5.97 Å². The number of carbonyl (C=O) groups is 1. The second-order valence-electron chi connectivity index (χ2n) is 3.84. The van der Waals surface area contributed by atoms with Crippen molar-refractivity contribution in [2.45, 2.75) is 0 Å². The Labute approximate surface area is 107 Å². The molecule has 0 unspecified atom stereocenters. The van der Waals surface area contributed by atoms with Crippen LogP contribution in [-0.4, -0.2) is 16.1 Å². The van der Waals surface area contributed by atoms with Crippen LogP contribution in [0.1, 0.15) is 9.67 Å². The maximum Gasteiger partial charge on any atom is 0.345 e. The first-order valence-electron chi connectivity index (χ1n) is 5.43. The quantitative estimate of drug-likeness (QED) is 0.760. The molecule has 2 aromatic heterocycles. The van der Waals surface area contributed by atoms with E-state index in [0.29, 0.717) is 4.88 Å². The molecule has 3 rings (SSSR count). The number of fused-ring (bicyclic) bond motifs is 1. The molecule has 0 bridgehead atoms. The lowest BCUT2D eigenvalue weighted by Gasteiger charge is -2.02. The molecule has 1 aromatic carbocycles. The molecule has 2 heterocycles. The fraction of sp³-hybridized carbons (Fsp3) is 0. The summed E-state index contributed by atoms with van der Waals surface area (Å²) in [6.07, 6.45) is 1.75. The van der Waals surface area contributed by atoms with Crippen molar-refractivity contribution in [1.82, 2.24) is 4.98 Å². The van der Waals surface area contributed by atoms with E-state index in [0.717, 1.165) is 21.3 Å².